The molecule has 1 rings (SSSR count). The lowest BCUT2D eigenvalue weighted by Gasteiger charge is -2.24. The Morgan fingerprint density at radius 2 is 1.93 bits per heavy atom. The average Bonchev–Trinajstić information content (AvgIpc) is 2.83. The minimum Gasteiger partial charge on any atom is -0.459 e. The lowest BCUT2D eigenvalue weighted by molar-refractivity contribution is -0.157. The molecule has 1 aliphatic carbocycles. The first kappa shape index (κ1) is 12.5. The fourth-order valence-corrected chi connectivity index (χ4v) is 1.43. The van der Waals surface area contributed by atoms with Gasteiger partial charge in [-0.15, -0.1) is 0 Å². The van der Waals surface area contributed by atoms with Gasteiger partial charge in [-0.25, -0.2) is 0 Å². The van der Waals surface area contributed by atoms with Crippen LogP contribution < -0.4 is 11.5 Å². The highest BCUT2D eigenvalue weighted by molar-refractivity contribution is 5.76. The van der Waals surface area contributed by atoms with Crippen LogP contribution >= 0.6 is 0 Å². The highest BCUT2D eigenvalue weighted by Gasteiger charge is 2.31. The van der Waals surface area contributed by atoms with Crippen LogP contribution in [-0.4, -0.2) is 23.7 Å². The molecule has 0 saturated heterocycles. The Hall–Kier alpha value is -0.610. The Bertz CT molecular complexity index is 231. The second-order valence-corrected chi connectivity index (χ2v) is 5.40. The van der Waals surface area contributed by atoms with Gasteiger partial charge in [-0.2, -0.15) is 0 Å². The van der Waals surface area contributed by atoms with Crippen LogP contribution in [0.3, 0.4) is 0 Å². The zero-order valence-corrected chi connectivity index (χ0v) is 9.82. The number of hydrogen-bond donors (Lipinski definition) is 2. The van der Waals surface area contributed by atoms with Gasteiger partial charge in [0.1, 0.15) is 11.6 Å². The Morgan fingerprint density at radius 3 is 2.33 bits per heavy atom. The van der Waals surface area contributed by atoms with Gasteiger partial charge in [-0.3, -0.25) is 4.79 Å². The molecule has 0 heterocycles. The summed E-state index contributed by atoms with van der Waals surface area (Å²) in [5, 5.41) is 0. The average molecular weight is 214 g/mol. The number of carbonyl (C=O) groups is 1. The van der Waals surface area contributed by atoms with Crippen LogP contribution in [0.2, 0.25) is 0 Å². The van der Waals surface area contributed by atoms with Crippen LogP contribution in [0.5, 0.6) is 0 Å². The van der Waals surface area contributed by atoms with Gasteiger partial charge in [-0.05, 0) is 33.1 Å². The number of ether oxygens (including phenoxy) is 1. The van der Waals surface area contributed by atoms with Crippen molar-refractivity contribution in [1.29, 1.82) is 0 Å². The molecule has 0 aromatic carbocycles. The molecule has 1 aliphatic rings. The molecule has 2 atom stereocenters. The third-order valence-electron chi connectivity index (χ3n) is 2.44. The maximum atomic E-state index is 11.6. The first-order valence-electron chi connectivity index (χ1n) is 5.53. The summed E-state index contributed by atoms with van der Waals surface area (Å²) in [7, 11) is 0. The third kappa shape index (κ3) is 4.62. The fraction of sp³-hybridized carbons (Fsp3) is 0.909. The predicted octanol–water partition coefficient (Wildman–Crippen LogP) is 0.783. The van der Waals surface area contributed by atoms with Crippen molar-refractivity contribution in [3.63, 3.8) is 0 Å². The SMILES string of the molecule is CC(C)(C)OC(=O)C(N)C(N)CC1CC1. The van der Waals surface area contributed by atoms with Crippen molar-refractivity contribution in [2.24, 2.45) is 17.4 Å². The molecular weight excluding hydrogens is 192 g/mol. The van der Waals surface area contributed by atoms with Crippen molar-refractivity contribution in [1.82, 2.24) is 0 Å². The molecule has 2 unspecified atom stereocenters. The van der Waals surface area contributed by atoms with Crippen LogP contribution in [0.25, 0.3) is 0 Å². The molecule has 0 bridgehead atoms. The first-order chi connectivity index (χ1) is 6.79. The summed E-state index contributed by atoms with van der Waals surface area (Å²) in [6.45, 7) is 5.47. The molecule has 4 N–H and O–H groups in total. The summed E-state index contributed by atoms with van der Waals surface area (Å²) in [4.78, 5) is 11.6. The molecule has 88 valence electrons. The summed E-state index contributed by atoms with van der Waals surface area (Å²) in [6.07, 6.45) is 3.27. The largest absolute Gasteiger partial charge is 0.459 e. The van der Waals surface area contributed by atoms with E-state index in [1.54, 1.807) is 0 Å². The van der Waals surface area contributed by atoms with Gasteiger partial charge in [0.25, 0.3) is 0 Å². The maximum absolute atomic E-state index is 11.6. The predicted molar refractivity (Wildman–Crippen MR) is 59.1 cm³/mol. The minimum atomic E-state index is -0.690. The summed E-state index contributed by atoms with van der Waals surface area (Å²) in [5.74, 6) is 0.282. The topological polar surface area (TPSA) is 78.3 Å². The van der Waals surface area contributed by atoms with E-state index in [2.05, 4.69) is 0 Å². The Kier molecular flexibility index (Phi) is 3.73. The van der Waals surface area contributed by atoms with Crippen molar-refractivity contribution in [3.05, 3.63) is 0 Å². The molecule has 0 radical (unpaired) electrons. The van der Waals surface area contributed by atoms with Crippen LogP contribution in [0.4, 0.5) is 0 Å². The quantitative estimate of drug-likeness (QED) is 0.678. The van der Waals surface area contributed by atoms with E-state index in [4.69, 9.17) is 16.2 Å². The van der Waals surface area contributed by atoms with E-state index in [0.717, 1.165) is 6.42 Å². The molecular formula is C11H22N2O2. The van der Waals surface area contributed by atoms with Crippen molar-refractivity contribution < 1.29 is 9.53 Å². The van der Waals surface area contributed by atoms with Crippen LogP contribution in [-0.2, 0) is 9.53 Å². The lowest BCUT2D eigenvalue weighted by Crippen LogP contribution is -2.49. The van der Waals surface area contributed by atoms with Gasteiger partial charge in [0, 0.05) is 6.04 Å². The molecule has 1 fully saturated rings. The van der Waals surface area contributed by atoms with E-state index < -0.39 is 17.6 Å². The van der Waals surface area contributed by atoms with E-state index >= 15 is 0 Å². The Labute approximate surface area is 91.3 Å². The van der Waals surface area contributed by atoms with Crippen molar-refractivity contribution in [2.45, 2.75) is 57.7 Å². The van der Waals surface area contributed by atoms with E-state index in [-0.39, 0.29) is 6.04 Å². The monoisotopic (exact) mass is 214 g/mol. The zero-order valence-electron chi connectivity index (χ0n) is 9.82. The van der Waals surface area contributed by atoms with E-state index in [1.165, 1.54) is 12.8 Å². The summed E-state index contributed by atoms with van der Waals surface area (Å²) >= 11 is 0. The Morgan fingerprint density at radius 1 is 1.40 bits per heavy atom. The van der Waals surface area contributed by atoms with Gasteiger partial charge >= 0.3 is 5.97 Å². The van der Waals surface area contributed by atoms with E-state index in [1.807, 2.05) is 20.8 Å². The summed E-state index contributed by atoms with van der Waals surface area (Å²) in [6, 6.07) is -0.961. The summed E-state index contributed by atoms with van der Waals surface area (Å²) in [5.41, 5.74) is 11.1. The molecule has 1 saturated carbocycles. The molecule has 4 heteroatoms. The maximum Gasteiger partial charge on any atom is 0.325 e. The third-order valence-corrected chi connectivity index (χ3v) is 2.44. The first-order valence-corrected chi connectivity index (χ1v) is 5.53. The number of rotatable bonds is 4. The molecule has 0 amide bonds. The molecule has 0 aromatic heterocycles. The van der Waals surface area contributed by atoms with Crippen LogP contribution in [0.1, 0.15) is 40.0 Å². The van der Waals surface area contributed by atoms with Crippen molar-refractivity contribution in [2.75, 3.05) is 0 Å². The molecule has 0 aromatic rings. The molecule has 0 aliphatic heterocycles. The fourth-order valence-electron chi connectivity index (χ4n) is 1.43. The minimum absolute atomic E-state index is 0.271. The number of nitrogens with two attached hydrogens (primary N) is 2. The molecule has 4 nitrogen and oxygen atoms in total. The second kappa shape index (κ2) is 4.49. The highest BCUT2D eigenvalue weighted by atomic mass is 16.6. The van der Waals surface area contributed by atoms with Gasteiger partial charge < -0.3 is 16.2 Å². The van der Waals surface area contributed by atoms with E-state index in [0.29, 0.717) is 5.92 Å². The standard InChI is InChI=1S/C11H22N2O2/c1-11(2,3)15-10(14)9(13)8(12)6-7-4-5-7/h7-9H,4-6,12-13H2,1-3H3. The molecule has 0 spiro atoms. The van der Waals surface area contributed by atoms with Gasteiger partial charge in [0.05, 0.1) is 0 Å². The second-order valence-electron chi connectivity index (χ2n) is 5.40. The van der Waals surface area contributed by atoms with Crippen molar-refractivity contribution >= 4 is 5.97 Å². The van der Waals surface area contributed by atoms with Crippen LogP contribution in [0.15, 0.2) is 0 Å². The highest BCUT2D eigenvalue weighted by Crippen LogP contribution is 2.33. The number of carbonyl (C=O) groups excluding carboxylic acids is 1. The smallest absolute Gasteiger partial charge is 0.325 e. The number of hydrogen-bond acceptors (Lipinski definition) is 4. The summed E-state index contributed by atoms with van der Waals surface area (Å²) < 4.78 is 5.18. The number of esters is 1. The zero-order chi connectivity index (χ0) is 11.6. The Balaban J connectivity index is 2.36. The van der Waals surface area contributed by atoms with Gasteiger partial charge in [0.2, 0.25) is 0 Å². The van der Waals surface area contributed by atoms with Gasteiger partial charge in [0.15, 0.2) is 0 Å². The van der Waals surface area contributed by atoms with Crippen molar-refractivity contribution in [3.8, 4) is 0 Å². The lowest BCUT2D eigenvalue weighted by atomic mass is 10.0. The molecule has 15 heavy (non-hydrogen) atoms. The van der Waals surface area contributed by atoms with E-state index in [9.17, 15) is 4.79 Å². The normalized spacial score (nSPS) is 20.9. The van der Waals surface area contributed by atoms with Gasteiger partial charge in [-0.1, -0.05) is 12.8 Å². The van der Waals surface area contributed by atoms with Crippen LogP contribution in [0, 0.1) is 5.92 Å².